The topological polar surface area (TPSA) is 78.9 Å². The summed E-state index contributed by atoms with van der Waals surface area (Å²) in [5, 5.41) is 0. The lowest BCUT2D eigenvalue weighted by atomic mass is 10.1. The van der Waals surface area contributed by atoms with Crippen LogP contribution in [0.5, 0.6) is 0 Å². The van der Waals surface area contributed by atoms with Crippen molar-refractivity contribution in [2.24, 2.45) is 0 Å². The maximum atomic E-state index is 12.7. The molecule has 0 spiro atoms. The van der Waals surface area contributed by atoms with Gasteiger partial charge < -0.3 is 14.2 Å². The first kappa shape index (κ1) is 55.6. The molecule has 0 rings (SSSR count). The van der Waals surface area contributed by atoms with E-state index in [4.69, 9.17) is 14.2 Å². The third kappa shape index (κ3) is 45.5. The van der Waals surface area contributed by atoms with Crippen molar-refractivity contribution in [3.8, 4) is 0 Å². The molecule has 0 saturated heterocycles. The van der Waals surface area contributed by atoms with Crippen molar-refractivity contribution in [1.82, 2.24) is 0 Å². The summed E-state index contributed by atoms with van der Waals surface area (Å²) in [7, 11) is 0. The van der Waals surface area contributed by atoms with Gasteiger partial charge in [0.05, 0.1) is 0 Å². The van der Waals surface area contributed by atoms with Crippen LogP contribution in [0.1, 0.15) is 213 Å². The number of allylic oxidation sites excluding steroid dienone is 14. The molecule has 0 fully saturated rings. The smallest absolute Gasteiger partial charge is 0.306 e. The summed E-state index contributed by atoms with van der Waals surface area (Å²) in [6.07, 6.45) is 60.1. The molecule has 0 unspecified atom stereocenters. The van der Waals surface area contributed by atoms with Gasteiger partial charge in [0.25, 0.3) is 0 Å². The van der Waals surface area contributed by atoms with E-state index in [2.05, 4.69) is 93.7 Å². The summed E-state index contributed by atoms with van der Waals surface area (Å²) in [5.74, 6) is -1.01. The van der Waals surface area contributed by atoms with Gasteiger partial charge >= 0.3 is 17.9 Å². The Hall–Kier alpha value is -3.41. The fraction of sp³-hybridized carbons (Fsp3) is 0.679. The summed E-state index contributed by atoms with van der Waals surface area (Å²) in [6, 6.07) is 0. The first-order chi connectivity index (χ1) is 29.0. The maximum absolute atomic E-state index is 12.7. The lowest BCUT2D eigenvalue weighted by molar-refractivity contribution is -0.166. The Kier molecular flexibility index (Phi) is 44.5. The van der Waals surface area contributed by atoms with Crippen LogP contribution in [0.2, 0.25) is 0 Å². The van der Waals surface area contributed by atoms with E-state index < -0.39 is 6.10 Å². The summed E-state index contributed by atoms with van der Waals surface area (Å²) < 4.78 is 16.6. The van der Waals surface area contributed by atoms with Crippen LogP contribution in [-0.2, 0) is 28.6 Å². The van der Waals surface area contributed by atoms with Gasteiger partial charge in [-0.3, -0.25) is 14.4 Å². The number of unbranched alkanes of at least 4 members (excludes halogenated alkanes) is 17. The second kappa shape index (κ2) is 47.3. The number of hydrogen-bond donors (Lipinski definition) is 0. The molecule has 0 bridgehead atoms. The molecule has 0 aliphatic carbocycles. The van der Waals surface area contributed by atoms with E-state index in [0.717, 1.165) is 89.9 Å². The number of ether oxygens (including phenoxy) is 3. The molecule has 0 saturated carbocycles. The third-order valence-electron chi connectivity index (χ3n) is 9.90. The fourth-order valence-electron chi connectivity index (χ4n) is 6.28. The Bertz CT molecular complexity index is 1170. The fourth-order valence-corrected chi connectivity index (χ4v) is 6.28. The number of carbonyl (C=O) groups excluding carboxylic acids is 3. The van der Waals surface area contributed by atoms with Crippen LogP contribution in [0.4, 0.5) is 0 Å². The average molecular weight is 821 g/mol. The third-order valence-corrected chi connectivity index (χ3v) is 9.90. The van der Waals surface area contributed by atoms with Gasteiger partial charge in [-0.05, 0) is 83.5 Å². The molecule has 0 N–H and O–H groups in total. The van der Waals surface area contributed by atoms with Crippen LogP contribution >= 0.6 is 0 Å². The van der Waals surface area contributed by atoms with Crippen molar-refractivity contribution in [3.05, 3.63) is 85.1 Å². The van der Waals surface area contributed by atoms with E-state index in [1.54, 1.807) is 0 Å². The highest BCUT2D eigenvalue weighted by atomic mass is 16.6. The Labute approximate surface area is 363 Å². The lowest BCUT2D eigenvalue weighted by Gasteiger charge is -2.18. The zero-order chi connectivity index (χ0) is 43.0. The zero-order valence-corrected chi connectivity index (χ0v) is 38.2. The second-order valence-corrected chi connectivity index (χ2v) is 15.6. The van der Waals surface area contributed by atoms with Gasteiger partial charge in [-0.15, -0.1) is 0 Å². The van der Waals surface area contributed by atoms with Crippen molar-refractivity contribution >= 4 is 17.9 Å². The molecule has 0 aromatic carbocycles. The molecule has 0 aliphatic rings. The number of esters is 3. The second-order valence-electron chi connectivity index (χ2n) is 15.6. The van der Waals surface area contributed by atoms with Crippen LogP contribution < -0.4 is 0 Å². The minimum atomic E-state index is -0.807. The number of carbonyl (C=O) groups is 3. The Morgan fingerprint density at radius 2 is 0.695 bits per heavy atom. The van der Waals surface area contributed by atoms with Gasteiger partial charge in [0.15, 0.2) is 6.10 Å². The van der Waals surface area contributed by atoms with Crippen molar-refractivity contribution in [1.29, 1.82) is 0 Å². The van der Waals surface area contributed by atoms with E-state index in [1.807, 2.05) is 12.2 Å². The first-order valence-electron chi connectivity index (χ1n) is 24.1. The zero-order valence-electron chi connectivity index (χ0n) is 38.2. The van der Waals surface area contributed by atoms with Gasteiger partial charge in [0.2, 0.25) is 0 Å². The predicted molar refractivity (Wildman–Crippen MR) is 251 cm³/mol. The molecular formula is C53H88O6. The summed E-state index contributed by atoms with van der Waals surface area (Å²) >= 11 is 0. The van der Waals surface area contributed by atoms with E-state index in [1.165, 1.54) is 77.0 Å². The van der Waals surface area contributed by atoms with Crippen LogP contribution in [-0.4, -0.2) is 37.2 Å². The molecule has 0 aliphatic heterocycles. The molecule has 0 aromatic heterocycles. The van der Waals surface area contributed by atoms with Crippen molar-refractivity contribution in [3.63, 3.8) is 0 Å². The molecule has 0 aromatic rings. The molecule has 6 heteroatoms. The Morgan fingerprint density at radius 1 is 0.356 bits per heavy atom. The van der Waals surface area contributed by atoms with E-state index in [-0.39, 0.29) is 37.5 Å². The molecule has 0 radical (unpaired) electrons. The number of hydrogen-bond acceptors (Lipinski definition) is 6. The molecule has 6 nitrogen and oxygen atoms in total. The SMILES string of the molecule is CC/C=C\C/C=C\C/C=C\C/C=C\C/C=C\C/C=C\CCC(=O)OC[C@@H](COC(=O)CCCCCCCCCCCC)OC(=O)CCCCCCC/C=C\CCCCC. The van der Waals surface area contributed by atoms with E-state index in [9.17, 15) is 14.4 Å². The predicted octanol–water partition coefficient (Wildman–Crippen LogP) is 15.6. The minimum absolute atomic E-state index is 0.102. The lowest BCUT2D eigenvalue weighted by Crippen LogP contribution is -2.30. The van der Waals surface area contributed by atoms with Crippen molar-refractivity contribution < 1.29 is 28.6 Å². The monoisotopic (exact) mass is 821 g/mol. The van der Waals surface area contributed by atoms with Gasteiger partial charge in [0, 0.05) is 19.3 Å². The van der Waals surface area contributed by atoms with Gasteiger partial charge in [-0.2, -0.15) is 0 Å². The van der Waals surface area contributed by atoms with Gasteiger partial charge in [0.1, 0.15) is 13.2 Å². The summed E-state index contributed by atoms with van der Waals surface area (Å²) in [4.78, 5) is 37.8. The van der Waals surface area contributed by atoms with Crippen LogP contribution in [0.15, 0.2) is 85.1 Å². The minimum Gasteiger partial charge on any atom is -0.462 e. The first-order valence-corrected chi connectivity index (χ1v) is 24.1. The summed E-state index contributed by atoms with van der Waals surface area (Å²) in [5.41, 5.74) is 0. The molecule has 1 atom stereocenters. The Balaban J connectivity index is 4.48. The molecular weight excluding hydrogens is 733 g/mol. The van der Waals surface area contributed by atoms with Gasteiger partial charge in [-0.25, -0.2) is 0 Å². The van der Waals surface area contributed by atoms with E-state index >= 15 is 0 Å². The Morgan fingerprint density at radius 3 is 1.17 bits per heavy atom. The van der Waals surface area contributed by atoms with Crippen LogP contribution in [0.25, 0.3) is 0 Å². The van der Waals surface area contributed by atoms with E-state index in [0.29, 0.717) is 19.3 Å². The highest BCUT2D eigenvalue weighted by Crippen LogP contribution is 2.13. The molecule has 0 amide bonds. The molecule has 0 heterocycles. The summed E-state index contributed by atoms with van der Waals surface area (Å²) in [6.45, 7) is 6.40. The average Bonchev–Trinajstić information content (AvgIpc) is 3.23. The van der Waals surface area contributed by atoms with Crippen molar-refractivity contribution in [2.45, 2.75) is 219 Å². The standard InChI is InChI=1S/C53H88O6/c1-4-7-10-13-16-19-22-24-25-26-27-28-29-30-32-34-37-40-43-46-52(55)58-49-50(48-57-51(54)45-42-39-36-33-21-18-15-12-9-6-3)59-53(56)47-44-41-38-35-31-23-20-17-14-11-8-5-2/h7,10,16-17,19-20,24-25,27-28,30,32,37,40,50H,4-6,8-9,11-15,18,21-23,26,29,31,33-36,38-39,41-49H2,1-3H3/b10-7-,19-16-,20-17-,25-24-,28-27-,32-30-,40-37-/t50-/m1/s1. The largest absolute Gasteiger partial charge is 0.462 e. The quantitative estimate of drug-likeness (QED) is 0.0264. The normalized spacial score (nSPS) is 12.8. The van der Waals surface area contributed by atoms with Crippen LogP contribution in [0.3, 0.4) is 0 Å². The van der Waals surface area contributed by atoms with Gasteiger partial charge in [-0.1, -0.05) is 196 Å². The number of rotatable bonds is 42. The molecule has 336 valence electrons. The van der Waals surface area contributed by atoms with Crippen LogP contribution in [0, 0.1) is 0 Å². The maximum Gasteiger partial charge on any atom is 0.306 e. The highest BCUT2D eigenvalue weighted by Gasteiger charge is 2.19. The molecule has 59 heavy (non-hydrogen) atoms. The highest BCUT2D eigenvalue weighted by molar-refractivity contribution is 5.71. The van der Waals surface area contributed by atoms with Crippen molar-refractivity contribution in [2.75, 3.05) is 13.2 Å².